The Morgan fingerprint density at radius 2 is 2.17 bits per heavy atom. The molecule has 0 unspecified atom stereocenters. The third-order valence-corrected chi connectivity index (χ3v) is 3.34. The number of methoxy groups -OCH3 is 1. The SMILES string of the molecule is COc1cccc(COCCNc2cc(C)nc3ncnn23)c1. The van der Waals surface area contributed by atoms with E-state index >= 15 is 0 Å². The minimum atomic E-state index is 0.549. The summed E-state index contributed by atoms with van der Waals surface area (Å²) >= 11 is 0. The van der Waals surface area contributed by atoms with Gasteiger partial charge in [0.2, 0.25) is 0 Å². The van der Waals surface area contributed by atoms with Crippen molar-refractivity contribution in [2.75, 3.05) is 25.6 Å². The van der Waals surface area contributed by atoms with Crippen LogP contribution in [0.4, 0.5) is 5.82 Å². The largest absolute Gasteiger partial charge is 0.497 e. The predicted molar refractivity (Wildman–Crippen MR) is 86.7 cm³/mol. The summed E-state index contributed by atoms with van der Waals surface area (Å²) in [6.07, 6.45) is 1.49. The quantitative estimate of drug-likeness (QED) is 0.673. The van der Waals surface area contributed by atoms with E-state index in [0.29, 0.717) is 25.5 Å². The maximum atomic E-state index is 5.69. The van der Waals surface area contributed by atoms with Crippen molar-refractivity contribution >= 4 is 11.6 Å². The normalized spacial score (nSPS) is 10.9. The number of nitrogens with zero attached hydrogens (tertiary/aromatic N) is 4. The summed E-state index contributed by atoms with van der Waals surface area (Å²) in [6.45, 7) is 3.73. The third kappa shape index (κ3) is 3.75. The maximum Gasteiger partial charge on any atom is 0.254 e. The van der Waals surface area contributed by atoms with Crippen molar-refractivity contribution < 1.29 is 9.47 Å². The van der Waals surface area contributed by atoms with E-state index < -0.39 is 0 Å². The second kappa shape index (κ2) is 7.06. The molecule has 0 aliphatic heterocycles. The van der Waals surface area contributed by atoms with Crippen LogP contribution in [0.1, 0.15) is 11.3 Å². The van der Waals surface area contributed by atoms with Crippen LogP contribution in [-0.4, -0.2) is 39.8 Å². The fraction of sp³-hybridized carbons (Fsp3) is 0.312. The van der Waals surface area contributed by atoms with E-state index in [4.69, 9.17) is 9.47 Å². The van der Waals surface area contributed by atoms with Gasteiger partial charge >= 0.3 is 0 Å². The van der Waals surface area contributed by atoms with Crippen LogP contribution in [0.25, 0.3) is 5.78 Å². The molecule has 2 aromatic heterocycles. The van der Waals surface area contributed by atoms with E-state index in [1.165, 1.54) is 6.33 Å². The lowest BCUT2D eigenvalue weighted by atomic mass is 10.2. The van der Waals surface area contributed by atoms with E-state index in [1.807, 2.05) is 37.3 Å². The highest BCUT2D eigenvalue weighted by atomic mass is 16.5. The second-order valence-corrected chi connectivity index (χ2v) is 5.09. The van der Waals surface area contributed by atoms with Crippen LogP contribution >= 0.6 is 0 Å². The van der Waals surface area contributed by atoms with Gasteiger partial charge in [-0.3, -0.25) is 0 Å². The monoisotopic (exact) mass is 313 g/mol. The molecule has 0 bridgehead atoms. The van der Waals surface area contributed by atoms with E-state index in [-0.39, 0.29) is 0 Å². The second-order valence-electron chi connectivity index (χ2n) is 5.09. The fourth-order valence-electron chi connectivity index (χ4n) is 2.26. The number of anilines is 1. The Morgan fingerprint density at radius 1 is 1.26 bits per heavy atom. The van der Waals surface area contributed by atoms with Crippen LogP contribution < -0.4 is 10.1 Å². The Balaban J connectivity index is 1.50. The molecule has 0 fully saturated rings. The Morgan fingerprint density at radius 3 is 3.04 bits per heavy atom. The van der Waals surface area contributed by atoms with Crippen molar-refractivity contribution in [3.63, 3.8) is 0 Å². The average molecular weight is 313 g/mol. The summed E-state index contributed by atoms with van der Waals surface area (Å²) in [4.78, 5) is 8.40. The van der Waals surface area contributed by atoms with Crippen molar-refractivity contribution in [1.29, 1.82) is 0 Å². The average Bonchev–Trinajstić information content (AvgIpc) is 3.03. The smallest absolute Gasteiger partial charge is 0.254 e. The summed E-state index contributed by atoms with van der Waals surface area (Å²) in [7, 11) is 1.66. The molecule has 0 saturated carbocycles. The maximum absolute atomic E-state index is 5.69. The van der Waals surface area contributed by atoms with Gasteiger partial charge < -0.3 is 14.8 Å². The van der Waals surface area contributed by atoms with Gasteiger partial charge in [-0.25, -0.2) is 4.98 Å². The van der Waals surface area contributed by atoms with E-state index in [2.05, 4.69) is 20.4 Å². The summed E-state index contributed by atoms with van der Waals surface area (Å²) in [6, 6.07) is 9.79. The van der Waals surface area contributed by atoms with Crippen molar-refractivity contribution in [2.24, 2.45) is 0 Å². The number of nitrogens with one attached hydrogen (secondary N) is 1. The summed E-state index contributed by atoms with van der Waals surface area (Å²) in [5.74, 6) is 2.28. The van der Waals surface area contributed by atoms with Crippen molar-refractivity contribution in [1.82, 2.24) is 19.6 Å². The number of aromatic nitrogens is 4. The van der Waals surface area contributed by atoms with Gasteiger partial charge in [0.15, 0.2) is 0 Å². The molecule has 0 atom stereocenters. The predicted octanol–water partition coefficient (Wildman–Crippen LogP) is 2.07. The molecule has 0 radical (unpaired) electrons. The third-order valence-electron chi connectivity index (χ3n) is 3.34. The van der Waals surface area contributed by atoms with Gasteiger partial charge in [0, 0.05) is 18.3 Å². The number of ether oxygens (including phenoxy) is 2. The minimum absolute atomic E-state index is 0.549. The van der Waals surface area contributed by atoms with Gasteiger partial charge in [-0.05, 0) is 24.6 Å². The van der Waals surface area contributed by atoms with Crippen molar-refractivity contribution in [2.45, 2.75) is 13.5 Å². The van der Waals surface area contributed by atoms with E-state index in [9.17, 15) is 0 Å². The number of benzene rings is 1. The molecule has 7 nitrogen and oxygen atoms in total. The molecule has 3 rings (SSSR count). The molecule has 1 aromatic carbocycles. The fourth-order valence-corrected chi connectivity index (χ4v) is 2.26. The van der Waals surface area contributed by atoms with Crippen LogP contribution in [0.5, 0.6) is 5.75 Å². The molecule has 120 valence electrons. The van der Waals surface area contributed by atoms with Gasteiger partial charge in [0.05, 0.1) is 20.3 Å². The van der Waals surface area contributed by atoms with Crippen molar-refractivity contribution in [3.8, 4) is 5.75 Å². The Hall–Kier alpha value is -2.67. The first-order valence-corrected chi connectivity index (χ1v) is 7.38. The van der Waals surface area contributed by atoms with Gasteiger partial charge in [0.1, 0.15) is 17.9 Å². The van der Waals surface area contributed by atoms with Crippen LogP contribution in [0.2, 0.25) is 0 Å². The van der Waals surface area contributed by atoms with Gasteiger partial charge in [0.25, 0.3) is 5.78 Å². The first-order valence-electron chi connectivity index (χ1n) is 7.38. The van der Waals surface area contributed by atoms with Gasteiger partial charge in [-0.1, -0.05) is 12.1 Å². The lowest BCUT2D eigenvalue weighted by molar-refractivity contribution is 0.130. The van der Waals surface area contributed by atoms with Crippen LogP contribution in [-0.2, 0) is 11.3 Å². The molecule has 2 heterocycles. The molecule has 23 heavy (non-hydrogen) atoms. The molecule has 0 aliphatic rings. The number of hydrogen-bond donors (Lipinski definition) is 1. The highest BCUT2D eigenvalue weighted by Crippen LogP contribution is 2.13. The molecule has 0 amide bonds. The highest BCUT2D eigenvalue weighted by Gasteiger charge is 2.04. The molecular formula is C16H19N5O2. The van der Waals surface area contributed by atoms with E-state index in [1.54, 1.807) is 11.6 Å². The first kappa shape index (κ1) is 15.2. The van der Waals surface area contributed by atoms with Gasteiger partial charge in [-0.15, -0.1) is 0 Å². The summed E-state index contributed by atoms with van der Waals surface area (Å²) < 4.78 is 12.6. The van der Waals surface area contributed by atoms with Crippen LogP contribution in [0.3, 0.4) is 0 Å². The van der Waals surface area contributed by atoms with Crippen molar-refractivity contribution in [3.05, 3.63) is 47.9 Å². The van der Waals surface area contributed by atoms with Crippen LogP contribution in [0.15, 0.2) is 36.7 Å². The molecular weight excluding hydrogens is 294 g/mol. The molecule has 3 aromatic rings. The Kier molecular flexibility index (Phi) is 4.68. The molecule has 0 aliphatic carbocycles. The number of aryl methyl sites for hydroxylation is 1. The van der Waals surface area contributed by atoms with E-state index in [0.717, 1.165) is 22.8 Å². The summed E-state index contributed by atoms with van der Waals surface area (Å²) in [5.41, 5.74) is 1.98. The number of hydrogen-bond acceptors (Lipinski definition) is 6. The Labute approximate surface area is 134 Å². The highest BCUT2D eigenvalue weighted by molar-refractivity contribution is 5.44. The Bertz CT molecular complexity index is 787. The van der Waals surface area contributed by atoms with Gasteiger partial charge in [-0.2, -0.15) is 14.6 Å². The first-order chi connectivity index (χ1) is 11.3. The molecule has 0 saturated heterocycles. The standard InChI is InChI=1S/C16H19N5O2/c1-12-8-15(21-16(20-12)18-11-19-21)17-6-7-23-10-13-4-3-5-14(9-13)22-2/h3-5,8-9,11,17H,6-7,10H2,1-2H3. The lowest BCUT2D eigenvalue weighted by Gasteiger charge is -2.09. The minimum Gasteiger partial charge on any atom is -0.497 e. The zero-order chi connectivity index (χ0) is 16.1. The summed E-state index contributed by atoms with van der Waals surface area (Å²) in [5, 5.41) is 7.45. The number of rotatable bonds is 7. The molecule has 7 heteroatoms. The van der Waals surface area contributed by atoms with Crippen LogP contribution in [0, 0.1) is 6.92 Å². The zero-order valence-corrected chi connectivity index (χ0v) is 13.2. The lowest BCUT2D eigenvalue weighted by Crippen LogP contribution is -2.13. The molecule has 0 spiro atoms. The number of fused-ring (bicyclic) bond motifs is 1. The molecule has 1 N–H and O–H groups in total. The topological polar surface area (TPSA) is 73.6 Å². The zero-order valence-electron chi connectivity index (χ0n) is 13.2.